The Bertz CT molecular complexity index is 382. The minimum Gasteiger partial charge on any atom is -0.324 e. The van der Waals surface area contributed by atoms with Crippen molar-refractivity contribution < 1.29 is 4.79 Å². The molecule has 1 aromatic heterocycles. The Morgan fingerprint density at radius 1 is 1.39 bits per heavy atom. The highest BCUT2D eigenvalue weighted by molar-refractivity contribution is 5.91. The molecule has 4 heteroatoms. The molecule has 0 aromatic carbocycles. The Morgan fingerprint density at radius 2 is 2.11 bits per heavy atom. The van der Waals surface area contributed by atoms with E-state index in [1.165, 1.54) is 0 Å². The van der Waals surface area contributed by atoms with Crippen molar-refractivity contribution in [2.75, 3.05) is 11.9 Å². The molecule has 0 fully saturated rings. The van der Waals surface area contributed by atoms with Crippen LogP contribution in [-0.4, -0.2) is 23.5 Å². The van der Waals surface area contributed by atoms with Crippen molar-refractivity contribution in [3.8, 4) is 0 Å². The molecule has 0 radical (unpaired) electrons. The average molecular weight is 249 g/mol. The molecule has 1 rings (SSSR count). The maximum atomic E-state index is 11.8. The molecular weight excluding hydrogens is 226 g/mol. The summed E-state index contributed by atoms with van der Waals surface area (Å²) in [5, 5.41) is 6.23. The van der Waals surface area contributed by atoms with Crippen molar-refractivity contribution in [2.45, 2.75) is 46.6 Å². The van der Waals surface area contributed by atoms with Crippen LogP contribution in [-0.2, 0) is 4.79 Å². The third-order valence-electron chi connectivity index (χ3n) is 2.75. The molecule has 4 nitrogen and oxygen atoms in total. The fraction of sp³-hybridized carbons (Fsp3) is 0.571. The molecule has 0 aliphatic heterocycles. The molecule has 0 bridgehead atoms. The highest BCUT2D eigenvalue weighted by Crippen LogP contribution is 2.17. The number of hydrogen-bond acceptors (Lipinski definition) is 3. The topological polar surface area (TPSA) is 54.0 Å². The van der Waals surface area contributed by atoms with Crippen LogP contribution in [0.25, 0.3) is 0 Å². The zero-order valence-corrected chi connectivity index (χ0v) is 11.7. The van der Waals surface area contributed by atoms with E-state index in [0.717, 1.165) is 29.9 Å². The van der Waals surface area contributed by atoms with Gasteiger partial charge in [0.2, 0.25) is 5.91 Å². The average Bonchev–Trinajstić information content (AvgIpc) is 2.29. The minimum atomic E-state index is 0.0553. The number of amides is 1. The lowest BCUT2D eigenvalue weighted by Gasteiger charge is -2.11. The first-order chi connectivity index (χ1) is 8.50. The van der Waals surface area contributed by atoms with E-state index in [0.29, 0.717) is 12.5 Å². The molecule has 2 N–H and O–H groups in total. The zero-order valence-electron chi connectivity index (χ0n) is 11.7. The summed E-state index contributed by atoms with van der Waals surface area (Å²) in [5.41, 5.74) is 2.76. The molecule has 18 heavy (non-hydrogen) atoms. The van der Waals surface area contributed by atoms with Gasteiger partial charge in [0.05, 0.1) is 11.4 Å². The van der Waals surface area contributed by atoms with E-state index in [1.807, 2.05) is 19.9 Å². The van der Waals surface area contributed by atoms with Crippen LogP contribution < -0.4 is 10.6 Å². The van der Waals surface area contributed by atoms with Crippen LogP contribution in [0.1, 0.15) is 37.9 Å². The van der Waals surface area contributed by atoms with E-state index in [9.17, 15) is 4.79 Å². The van der Waals surface area contributed by atoms with Crippen molar-refractivity contribution >= 4 is 11.6 Å². The SMILES string of the molecule is Cc1ccnc(C)c1NC(=O)CCCNC(C)C. The zero-order chi connectivity index (χ0) is 13.5. The third-order valence-corrected chi connectivity index (χ3v) is 2.75. The van der Waals surface area contributed by atoms with E-state index in [-0.39, 0.29) is 5.91 Å². The Hall–Kier alpha value is -1.42. The number of pyridine rings is 1. The van der Waals surface area contributed by atoms with Gasteiger partial charge in [0, 0.05) is 18.7 Å². The van der Waals surface area contributed by atoms with Gasteiger partial charge in [0.25, 0.3) is 0 Å². The summed E-state index contributed by atoms with van der Waals surface area (Å²) in [6, 6.07) is 2.37. The molecule has 100 valence electrons. The number of nitrogens with one attached hydrogen (secondary N) is 2. The first-order valence-corrected chi connectivity index (χ1v) is 6.46. The Kier molecular flexibility index (Phi) is 5.78. The normalized spacial score (nSPS) is 10.7. The molecule has 0 spiro atoms. The Labute approximate surface area is 109 Å². The van der Waals surface area contributed by atoms with Crippen LogP contribution in [0.4, 0.5) is 5.69 Å². The van der Waals surface area contributed by atoms with Gasteiger partial charge in [-0.25, -0.2) is 0 Å². The van der Waals surface area contributed by atoms with Crippen LogP contribution >= 0.6 is 0 Å². The third kappa shape index (κ3) is 4.84. The van der Waals surface area contributed by atoms with Crippen molar-refractivity contribution in [1.82, 2.24) is 10.3 Å². The second kappa shape index (κ2) is 7.11. The summed E-state index contributed by atoms with van der Waals surface area (Å²) in [6.07, 6.45) is 3.14. The predicted molar refractivity (Wildman–Crippen MR) is 74.7 cm³/mol. The summed E-state index contributed by atoms with van der Waals surface area (Å²) in [7, 11) is 0. The second-order valence-corrected chi connectivity index (χ2v) is 4.85. The molecule has 1 heterocycles. The number of aromatic nitrogens is 1. The number of hydrogen-bond donors (Lipinski definition) is 2. The van der Waals surface area contributed by atoms with Crippen molar-refractivity contribution in [3.63, 3.8) is 0 Å². The number of nitrogens with zero attached hydrogens (tertiary/aromatic N) is 1. The number of carbonyl (C=O) groups is 1. The van der Waals surface area contributed by atoms with E-state index in [4.69, 9.17) is 0 Å². The monoisotopic (exact) mass is 249 g/mol. The van der Waals surface area contributed by atoms with E-state index >= 15 is 0 Å². The molecule has 1 amide bonds. The molecule has 0 aliphatic carbocycles. The summed E-state index contributed by atoms with van der Waals surface area (Å²) >= 11 is 0. The van der Waals surface area contributed by atoms with Gasteiger partial charge in [-0.2, -0.15) is 0 Å². The van der Waals surface area contributed by atoms with Gasteiger partial charge in [-0.1, -0.05) is 13.8 Å². The van der Waals surface area contributed by atoms with Gasteiger partial charge in [0.1, 0.15) is 0 Å². The number of rotatable bonds is 6. The van der Waals surface area contributed by atoms with Gasteiger partial charge >= 0.3 is 0 Å². The maximum absolute atomic E-state index is 11.8. The molecule has 0 aliphatic rings. The van der Waals surface area contributed by atoms with Crippen LogP contribution in [0.2, 0.25) is 0 Å². The fourth-order valence-electron chi connectivity index (χ4n) is 1.72. The molecule has 0 saturated carbocycles. The van der Waals surface area contributed by atoms with Crippen molar-refractivity contribution in [3.05, 3.63) is 23.5 Å². The Morgan fingerprint density at radius 3 is 2.72 bits per heavy atom. The molecule has 0 saturated heterocycles. The van der Waals surface area contributed by atoms with Crippen LogP contribution in [0.5, 0.6) is 0 Å². The van der Waals surface area contributed by atoms with Gasteiger partial charge in [-0.3, -0.25) is 9.78 Å². The summed E-state index contributed by atoms with van der Waals surface area (Å²) in [5.74, 6) is 0.0553. The lowest BCUT2D eigenvalue weighted by Crippen LogP contribution is -2.25. The molecular formula is C14H23N3O. The molecule has 1 aromatic rings. The quantitative estimate of drug-likeness (QED) is 0.761. The molecule has 0 unspecified atom stereocenters. The Balaban J connectivity index is 2.40. The predicted octanol–water partition coefficient (Wildman–Crippen LogP) is 2.42. The highest BCUT2D eigenvalue weighted by atomic mass is 16.1. The second-order valence-electron chi connectivity index (χ2n) is 4.85. The first kappa shape index (κ1) is 14.6. The lowest BCUT2D eigenvalue weighted by molar-refractivity contribution is -0.116. The number of carbonyl (C=O) groups excluding carboxylic acids is 1. The van der Waals surface area contributed by atoms with Gasteiger partial charge in [-0.05, 0) is 38.4 Å². The van der Waals surface area contributed by atoms with Crippen LogP contribution in [0.3, 0.4) is 0 Å². The number of aryl methyl sites for hydroxylation is 2. The van der Waals surface area contributed by atoms with Gasteiger partial charge < -0.3 is 10.6 Å². The van der Waals surface area contributed by atoms with E-state index in [2.05, 4.69) is 29.5 Å². The highest BCUT2D eigenvalue weighted by Gasteiger charge is 2.07. The minimum absolute atomic E-state index is 0.0553. The van der Waals surface area contributed by atoms with Gasteiger partial charge in [0.15, 0.2) is 0 Å². The van der Waals surface area contributed by atoms with Crippen molar-refractivity contribution in [1.29, 1.82) is 0 Å². The standard InChI is InChI=1S/C14H23N3O/c1-10(2)15-8-5-6-13(18)17-14-11(3)7-9-16-12(14)4/h7,9-10,15H,5-6,8H2,1-4H3,(H,17,18). The number of anilines is 1. The summed E-state index contributed by atoms with van der Waals surface area (Å²) < 4.78 is 0. The van der Waals surface area contributed by atoms with E-state index in [1.54, 1.807) is 6.20 Å². The van der Waals surface area contributed by atoms with Crippen LogP contribution in [0, 0.1) is 13.8 Å². The maximum Gasteiger partial charge on any atom is 0.224 e. The van der Waals surface area contributed by atoms with Crippen LogP contribution in [0.15, 0.2) is 12.3 Å². The summed E-state index contributed by atoms with van der Waals surface area (Å²) in [6.45, 7) is 8.95. The van der Waals surface area contributed by atoms with E-state index < -0.39 is 0 Å². The fourth-order valence-corrected chi connectivity index (χ4v) is 1.72. The summed E-state index contributed by atoms with van der Waals surface area (Å²) in [4.78, 5) is 16.0. The lowest BCUT2D eigenvalue weighted by atomic mass is 10.2. The van der Waals surface area contributed by atoms with Crippen molar-refractivity contribution in [2.24, 2.45) is 0 Å². The largest absolute Gasteiger partial charge is 0.324 e. The first-order valence-electron chi connectivity index (χ1n) is 6.46. The smallest absolute Gasteiger partial charge is 0.224 e. The van der Waals surface area contributed by atoms with Gasteiger partial charge in [-0.15, -0.1) is 0 Å². The molecule has 0 atom stereocenters.